The Morgan fingerprint density at radius 3 is 1.50 bits per heavy atom. The second kappa shape index (κ2) is 46.7. The fraction of sp³-hybridized carbons (Fsp3) is 0.614. The molecule has 3 unspecified atom stereocenters. The highest BCUT2D eigenvalue weighted by atomic mass is 16.7. The van der Waals surface area contributed by atoms with Crippen molar-refractivity contribution in [3.05, 3.63) is 47.5 Å². The Balaban J connectivity index is 0.000000404. The maximum Gasteiger partial charge on any atom is 0.335 e. The van der Waals surface area contributed by atoms with Crippen molar-refractivity contribution in [3.63, 3.8) is 0 Å². The average Bonchev–Trinajstić information content (AvgIpc) is 1.72. The lowest BCUT2D eigenvalue weighted by molar-refractivity contribution is -0.271. The minimum Gasteiger partial charge on any atom is -0.479 e. The molecular weight excluding hydrogens is 1470 g/mol. The fourth-order valence-corrected chi connectivity index (χ4v) is 11.8. The van der Waals surface area contributed by atoms with Gasteiger partial charge < -0.3 is 122 Å². The molecule has 0 aliphatic carbocycles. The Kier molecular flexibility index (Phi) is 37.1. The summed E-state index contributed by atoms with van der Waals surface area (Å²) in [6.07, 6.45) is -18.2. The van der Waals surface area contributed by atoms with E-state index in [1.54, 1.807) is 14.0 Å². The number of aliphatic carboxylic acids is 2. The first kappa shape index (κ1) is 88.3. The van der Waals surface area contributed by atoms with E-state index in [4.69, 9.17) is 32.2 Å². The molecule has 0 bridgehead atoms. The molecule has 4 fully saturated rings. The number of hydrogen-bond donors (Lipinski definition) is 17. The highest BCUT2D eigenvalue weighted by Crippen LogP contribution is 2.34. The van der Waals surface area contributed by atoms with Gasteiger partial charge in [0.15, 0.2) is 14.9 Å². The van der Waals surface area contributed by atoms with E-state index in [1.165, 1.54) is 55.3 Å². The van der Waals surface area contributed by atoms with E-state index < -0.39 is 165 Å². The van der Waals surface area contributed by atoms with Crippen molar-refractivity contribution in [2.75, 3.05) is 70.7 Å². The smallest absolute Gasteiger partial charge is 0.335 e. The maximum atomic E-state index is 13.4. The van der Waals surface area contributed by atoms with E-state index in [1.807, 2.05) is 0 Å². The summed E-state index contributed by atoms with van der Waals surface area (Å²) >= 11 is 0. The van der Waals surface area contributed by atoms with Gasteiger partial charge in [0.1, 0.15) is 79.5 Å². The van der Waals surface area contributed by atoms with Gasteiger partial charge in [-0.3, -0.25) is 72.1 Å². The number of likely N-dealkylation sites (tertiary alicyclic amines) is 2. The molecule has 2 aromatic carbocycles. The first-order valence-corrected chi connectivity index (χ1v) is 35.9. The molecule has 11 amide bonds. The number of anilines is 2. The number of carbonyl (C=O) groups excluding carboxylic acids is 13. The van der Waals surface area contributed by atoms with Crippen LogP contribution in [0.15, 0.2) is 36.4 Å². The Hall–Kier alpha value is -9.95. The first-order valence-electron chi connectivity index (χ1n) is 36.9. The molecule has 41 heteroatoms. The molecule has 4 aliphatic heterocycles. The van der Waals surface area contributed by atoms with Gasteiger partial charge >= 0.3 is 11.9 Å². The van der Waals surface area contributed by atoms with Gasteiger partial charge in [-0.15, -0.1) is 0 Å². The third-order valence-corrected chi connectivity index (χ3v) is 17.9. The van der Waals surface area contributed by atoms with Crippen LogP contribution in [-0.4, -0.2) is 280 Å². The number of aliphatic hydroxyl groups is 6. The highest BCUT2D eigenvalue weighted by molar-refractivity contribution is 6.07. The minimum atomic E-state index is -2.00. The lowest BCUT2D eigenvalue weighted by Gasteiger charge is -2.38. The molecule has 41 nitrogen and oxygen atoms in total. The zero-order valence-corrected chi connectivity index (χ0v) is 61.6. The van der Waals surface area contributed by atoms with Crippen LogP contribution in [0.4, 0.5) is 11.4 Å². The molecule has 0 saturated carbocycles. The van der Waals surface area contributed by atoms with E-state index in [9.17, 15) is 113 Å². The number of carboxylic acid groups (broad SMARTS) is 2. The molecule has 0 spiro atoms. The summed E-state index contributed by atoms with van der Waals surface area (Å²) in [6.45, 7) is 3.12. The molecule has 111 heavy (non-hydrogen) atoms. The Morgan fingerprint density at radius 2 is 1.05 bits per heavy atom. The molecule has 15 atom stereocenters. The number of nitrogens with zero attached hydrogens (tertiary/aromatic N) is 2. The summed E-state index contributed by atoms with van der Waals surface area (Å²) in [4.78, 5) is 187. The number of methoxy groups -OCH3 is 1. The van der Waals surface area contributed by atoms with Gasteiger partial charge in [0, 0.05) is 90.2 Å². The number of aliphatic hydroxyl groups excluding tert-OH is 6. The number of imide groups is 2. The molecule has 0 aromatic heterocycles. The number of nitrogens with two attached hydrogens (primary N) is 1. The number of carbonyl (C=O) groups is 15. The maximum absolute atomic E-state index is 13.4. The number of amides is 11. The van der Waals surface area contributed by atoms with Gasteiger partial charge in [-0.05, 0) is 100 Å². The third kappa shape index (κ3) is 28.4. The zero-order chi connectivity index (χ0) is 83.8. The van der Waals surface area contributed by atoms with Crippen LogP contribution in [0.2, 0.25) is 0 Å². The van der Waals surface area contributed by atoms with Crippen molar-refractivity contribution >= 4 is 101 Å². The van der Waals surface area contributed by atoms with Crippen molar-refractivity contribution in [2.45, 2.75) is 203 Å². The van der Waals surface area contributed by atoms with Gasteiger partial charge in [-0.1, -0.05) is 32.4 Å². The molecule has 4 saturated heterocycles. The SMILES string of the molecule is [2H]C(=O)OCc1ccc(O[C@@H]2O[C@H](C(=O)O)[C@@H](O)[C@H](O)[C@H]2O)c(NC(=O)CCNC(=O)C(CCCCNC)NC(=O)CCCCCN2C(=O)CC(C)C2=O)c1.[2H]C(=O)OCc1ccc(O[C@@H]2O[C@H](C(=O)O)[C@@H](O)[C@H](O)[C@H]2O)c(NC(=O)CCNC(=O)[C@H](CCCCNC(=O)CCOC)NC(=O)[C@H](CN)N2C(=O)CC(C)C2=O)c1. The molecule has 6 rings (SSSR count). The lowest BCUT2D eigenvalue weighted by Crippen LogP contribution is -2.61. The quantitative estimate of drug-likeness (QED) is 0.0169. The van der Waals surface area contributed by atoms with Gasteiger partial charge in [-0.25, -0.2) is 9.59 Å². The van der Waals surface area contributed by atoms with E-state index >= 15 is 0 Å². The van der Waals surface area contributed by atoms with Crippen LogP contribution >= 0.6 is 0 Å². The number of hydrogen-bond acceptors (Lipinski definition) is 30. The Morgan fingerprint density at radius 1 is 0.568 bits per heavy atom. The molecule has 4 heterocycles. The van der Waals surface area contributed by atoms with Crippen molar-refractivity contribution < 1.29 is 149 Å². The first-order chi connectivity index (χ1) is 53.6. The van der Waals surface area contributed by atoms with Crippen molar-refractivity contribution in [1.82, 2.24) is 41.7 Å². The average molecular weight is 1580 g/mol. The summed E-state index contributed by atoms with van der Waals surface area (Å²) in [5, 5.41) is 101. The van der Waals surface area contributed by atoms with Crippen molar-refractivity contribution in [1.29, 1.82) is 0 Å². The van der Waals surface area contributed by atoms with Crippen LogP contribution in [0.3, 0.4) is 0 Å². The van der Waals surface area contributed by atoms with E-state index in [2.05, 4.69) is 52.0 Å². The topological polar surface area (TPSA) is 611 Å². The third-order valence-electron chi connectivity index (χ3n) is 17.9. The van der Waals surface area contributed by atoms with Gasteiger partial charge in [0.05, 0.1) is 18.0 Å². The summed E-state index contributed by atoms with van der Waals surface area (Å²) in [7, 11) is 3.25. The van der Waals surface area contributed by atoms with Crippen LogP contribution in [0, 0.1) is 11.8 Å². The molecule has 616 valence electrons. The fourth-order valence-electron chi connectivity index (χ4n) is 11.8. The van der Waals surface area contributed by atoms with Crippen LogP contribution in [0.25, 0.3) is 0 Å². The summed E-state index contributed by atoms with van der Waals surface area (Å²) < 4.78 is 49.7. The molecule has 0 radical (unpaired) electrons. The summed E-state index contributed by atoms with van der Waals surface area (Å²) in [5.41, 5.74) is 6.13. The predicted octanol–water partition coefficient (Wildman–Crippen LogP) is -4.49. The number of nitrogens with one attached hydrogen (secondary N) is 8. The van der Waals surface area contributed by atoms with Crippen LogP contribution < -0.4 is 57.7 Å². The highest BCUT2D eigenvalue weighted by Gasteiger charge is 2.50. The minimum absolute atomic E-state index is 0.0488. The standard InChI is InChI=1S/C35H50N6O16.C35H51N5O14/c1-18-13-26(45)41(33(18)51)22(15-36)32(50)40-20(5-3-4-10-37-24(43)9-12-54-2)31(49)38-11-8-25(44)39-21-14-19(16-55-17-42)6-7-23(21)56-35-29(48)27(46)28(47)30(57-35)34(52)53;1-20-16-27(44)40(33(20)49)15-7-3-4-9-25(42)38-22(8-5-6-13-36-2)32(48)37-14-12-26(43)39-23-17-21(18-52-19-41)10-11-24(23)53-35-30(47)28(45)29(46)31(54-35)34(50)51/h6-7,14,17-18,20,22,27-30,35,46-48H,3-5,8-13,15-16,36H2,1-2H3,(H,37,43)(H,38,49)(H,39,44)(H,40,50)(H,52,53);10-11,17,19-20,22,28-31,35-36,45-47H,3-9,12-16,18H2,1-2H3,(H,37,48)(H,38,42)(H,39,43)(H,50,51)/t18?,20-,22-,27-,28-,29+,30-,35+;20?,22?,28-,29-,30+,31-,35+/m00/s1/i17D;19D. The van der Waals surface area contributed by atoms with E-state index in [0.717, 1.165) is 11.3 Å². The van der Waals surface area contributed by atoms with Gasteiger partial charge in [0.25, 0.3) is 12.9 Å². The molecule has 18 N–H and O–H groups in total. The van der Waals surface area contributed by atoms with Crippen molar-refractivity contribution in [2.24, 2.45) is 17.6 Å². The lowest BCUT2D eigenvalue weighted by atomic mass is 9.99. The Labute approximate surface area is 639 Å². The number of rotatable bonds is 44. The summed E-state index contributed by atoms with van der Waals surface area (Å²) in [5.74, 6) is -10.3. The van der Waals surface area contributed by atoms with E-state index in [-0.39, 0.29) is 136 Å². The van der Waals surface area contributed by atoms with Crippen LogP contribution in [0.1, 0.15) is 124 Å². The number of ether oxygens (including phenoxy) is 7. The number of carboxylic acids is 2. The largest absolute Gasteiger partial charge is 0.479 e. The monoisotopic (exact) mass is 1580 g/mol. The van der Waals surface area contributed by atoms with Crippen LogP contribution in [-0.2, 0) is 109 Å². The normalized spacial score (nSPS) is 23.2. The molecule has 2 aromatic rings. The second-order valence-electron chi connectivity index (χ2n) is 26.4. The van der Waals surface area contributed by atoms with Gasteiger partial charge in [0.2, 0.25) is 77.6 Å². The number of unbranched alkanes of at least 4 members (excludes halogenated alkanes) is 4. The Bertz CT molecular complexity index is 3660. The van der Waals surface area contributed by atoms with Crippen LogP contribution in [0.5, 0.6) is 11.5 Å². The molecular formula is C70H101N11O30. The number of benzene rings is 2. The van der Waals surface area contributed by atoms with Crippen molar-refractivity contribution in [3.8, 4) is 11.5 Å². The predicted molar refractivity (Wildman–Crippen MR) is 379 cm³/mol. The van der Waals surface area contributed by atoms with Gasteiger partial charge in [-0.2, -0.15) is 0 Å². The zero-order valence-electron chi connectivity index (χ0n) is 63.6. The summed E-state index contributed by atoms with van der Waals surface area (Å²) in [6, 6.07) is 4.32. The van der Waals surface area contributed by atoms with E-state index in [0.29, 0.717) is 63.6 Å². The molecule has 4 aliphatic rings. The second-order valence-corrected chi connectivity index (χ2v) is 26.4.